The molecule has 0 unspecified atom stereocenters. The Hall–Kier alpha value is -2.32. The summed E-state index contributed by atoms with van der Waals surface area (Å²) in [6.45, 7) is 1.40. The number of nitrogens with one attached hydrogen (secondary N) is 1. The number of likely N-dealkylation sites (N-methyl/N-ethyl adjacent to an activating group) is 1. The van der Waals surface area contributed by atoms with Gasteiger partial charge in [-0.05, 0) is 43.3 Å². The summed E-state index contributed by atoms with van der Waals surface area (Å²) in [6, 6.07) is 9.54. The predicted molar refractivity (Wildman–Crippen MR) is 83.8 cm³/mol. The van der Waals surface area contributed by atoms with Crippen molar-refractivity contribution < 1.29 is 17.6 Å². The van der Waals surface area contributed by atoms with Crippen LogP contribution in [0.15, 0.2) is 47.4 Å². The van der Waals surface area contributed by atoms with Gasteiger partial charge in [-0.15, -0.1) is 0 Å². The summed E-state index contributed by atoms with van der Waals surface area (Å²) in [7, 11) is -2.59. The number of anilines is 1. The number of hydrogen-bond donors (Lipinski definition) is 1. The fourth-order valence-corrected chi connectivity index (χ4v) is 3.00. The van der Waals surface area contributed by atoms with E-state index in [2.05, 4.69) is 10.3 Å². The number of hydrogen-bond acceptors (Lipinski definition) is 4. The number of aromatic nitrogens is 1. The van der Waals surface area contributed by atoms with Gasteiger partial charge < -0.3 is 5.32 Å². The van der Waals surface area contributed by atoms with Gasteiger partial charge in [0.1, 0.15) is 11.6 Å². The van der Waals surface area contributed by atoms with Crippen LogP contribution in [0.25, 0.3) is 0 Å². The molecule has 0 bridgehead atoms. The lowest BCUT2D eigenvalue weighted by atomic mass is 10.4. The number of carbonyl (C=O) groups excluding carboxylic acids is 1. The molecular weight excluding hydrogens is 321 g/mol. The van der Waals surface area contributed by atoms with Crippen molar-refractivity contribution in [3.63, 3.8) is 0 Å². The zero-order chi connectivity index (χ0) is 17.0. The second kappa shape index (κ2) is 6.84. The number of aryl methyl sites for hydroxylation is 1. The highest BCUT2D eigenvalue weighted by molar-refractivity contribution is 7.89. The molecule has 0 atom stereocenters. The maximum atomic E-state index is 12.9. The molecule has 0 saturated carbocycles. The van der Waals surface area contributed by atoms with Crippen molar-refractivity contribution >= 4 is 21.7 Å². The van der Waals surface area contributed by atoms with Crippen molar-refractivity contribution in [3.05, 3.63) is 54.0 Å². The summed E-state index contributed by atoms with van der Waals surface area (Å²) in [5, 5.41) is 2.53. The van der Waals surface area contributed by atoms with Crippen LogP contribution in [0.3, 0.4) is 0 Å². The first kappa shape index (κ1) is 17.0. The van der Waals surface area contributed by atoms with Crippen LogP contribution in [0.2, 0.25) is 0 Å². The number of halogens is 1. The number of pyridine rings is 1. The number of carbonyl (C=O) groups is 1. The molecule has 0 aliphatic carbocycles. The summed E-state index contributed by atoms with van der Waals surface area (Å²) < 4.78 is 38.4. The van der Waals surface area contributed by atoms with E-state index in [0.717, 1.165) is 34.3 Å². The van der Waals surface area contributed by atoms with Crippen molar-refractivity contribution in [1.82, 2.24) is 9.29 Å². The molecule has 0 aliphatic heterocycles. The Balaban J connectivity index is 2.06. The van der Waals surface area contributed by atoms with Crippen molar-refractivity contribution in [2.24, 2.45) is 0 Å². The minimum Gasteiger partial charge on any atom is -0.310 e. The molecular formula is C15H16FN3O3S. The summed E-state index contributed by atoms with van der Waals surface area (Å²) in [5.74, 6) is -0.700. The van der Waals surface area contributed by atoms with Crippen LogP contribution >= 0.6 is 0 Å². The van der Waals surface area contributed by atoms with E-state index in [4.69, 9.17) is 0 Å². The molecule has 0 fully saturated rings. The van der Waals surface area contributed by atoms with Crippen LogP contribution in [0.4, 0.5) is 10.2 Å². The van der Waals surface area contributed by atoms with Crippen LogP contribution in [0.5, 0.6) is 0 Å². The molecule has 1 N–H and O–H groups in total. The Bertz CT molecular complexity index is 807. The van der Waals surface area contributed by atoms with Crippen LogP contribution in [0.1, 0.15) is 5.69 Å². The first-order chi connectivity index (χ1) is 10.8. The smallest absolute Gasteiger partial charge is 0.243 e. The van der Waals surface area contributed by atoms with Crippen molar-refractivity contribution in [2.75, 3.05) is 18.9 Å². The van der Waals surface area contributed by atoms with E-state index >= 15 is 0 Å². The third-order valence-corrected chi connectivity index (χ3v) is 4.86. The molecule has 1 aromatic carbocycles. The van der Waals surface area contributed by atoms with Crippen LogP contribution in [0, 0.1) is 12.7 Å². The van der Waals surface area contributed by atoms with Crippen molar-refractivity contribution in [3.8, 4) is 0 Å². The number of sulfonamides is 1. The highest BCUT2D eigenvalue weighted by Crippen LogP contribution is 2.14. The standard InChI is InChI=1S/C15H16FN3O3S/c1-11-4-3-5-14(17-11)18-15(20)10-19(2)23(21,22)13-8-6-12(16)7-9-13/h3-9H,10H2,1-2H3,(H,17,18,20). The highest BCUT2D eigenvalue weighted by Gasteiger charge is 2.23. The van der Waals surface area contributed by atoms with Gasteiger partial charge >= 0.3 is 0 Å². The second-order valence-electron chi connectivity index (χ2n) is 4.93. The lowest BCUT2D eigenvalue weighted by molar-refractivity contribution is -0.116. The first-order valence-corrected chi connectivity index (χ1v) is 8.18. The van der Waals surface area contributed by atoms with Gasteiger partial charge in [-0.3, -0.25) is 4.79 Å². The highest BCUT2D eigenvalue weighted by atomic mass is 32.2. The van der Waals surface area contributed by atoms with Gasteiger partial charge in [0.15, 0.2) is 0 Å². The van der Waals surface area contributed by atoms with Crippen molar-refractivity contribution in [2.45, 2.75) is 11.8 Å². The second-order valence-corrected chi connectivity index (χ2v) is 6.97. The molecule has 8 heteroatoms. The van der Waals surface area contributed by atoms with E-state index in [1.165, 1.54) is 7.05 Å². The lowest BCUT2D eigenvalue weighted by Gasteiger charge is -2.16. The third-order valence-electron chi connectivity index (χ3n) is 3.04. The molecule has 2 aromatic rings. The lowest BCUT2D eigenvalue weighted by Crippen LogP contribution is -2.35. The molecule has 0 aliphatic rings. The Kier molecular flexibility index (Phi) is 5.07. The van der Waals surface area contributed by atoms with Gasteiger partial charge in [0.25, 0.3) is 0 Å². The summed E-state index contributed by atoms with van der Waals surface area (Å²) in [5.41, 5.74) is 0.732. The van der Waals surface area contributed by atoms with Crippen LogP contribution in [-0.4, -0.2) is 37.2 Å². The molecule has 0 spiro atoms. The summed E-state index contributed by atoms with van der Waals surface area (Å²) in [4.78, 5) is 16.0. The van der Waals surface area contributed by atoms with E-state index in [0.29, 0.717) is 5.82 Å². The van der Waals surface area contributed by atoms with Gasteiger partial charge in [0, 0.05) is 12.7 Å². The molecule has 0 saturated heterocycles. The third kappa shape index (κ3) is 4.33. The topological polar surface area (TPSA) is 79.4 Å². The average molecular weight is 337 g/mol. The zero-order valence-corrected chi connectivity index (χ0v) is 13.5. The van der Waals surface area contributed by atoms with E-state index in [1.807, 2.05) is 0 Å². The monoisotopic (exact) mass is 337 g/mol. The number of amides is 1. The van der Waals surface area contributed by atoms with Crippen molar-refractivity contribution in [1.29, 1.82) is 0 Å². The fraction of sp³-hybridized carbons (Fsp3) is 0.200. The zero-order valence-electron chi connectivity index (χ0n) is 12.7. The number of benzene rings is 1. The molecule has 6 nitrogen and oxygen atoms in total. The van der Waals surface area contributed by atoms with Crippen LogP contribution in [-0.2, 0) is 14.8 Å². The molecule has 1 amide bonds. The van der Waals surface area contributed by atoms with E-state index in [-0.39, 0.29) is 11.4 Å². The van der Waals surface area contributed by atoms with Gasteiger partial charge in [-0.1, -0.05) is 6.07 Å². The molecule has 122 valence electrons. The summed E-state index contributed by atoms with van der Waals surface area (Å²) >= 11 is 0. The van der Waals surface area contributed by atoms with E-state index in [1.54, 1.807) is 25.1 Å². The molecule has 1 heterocycles. The SMILES string of the molecule is Cc1cccc(NC(=O)CN(C)S(=O)(=O)c2ccc(F)cc2)n1. The van der Waals surface area contributed by atoms with E-state index < -0.39 is 21.7 Å². The maximum absolute atomic E-state index is 12.9. The van der Waals surface area contributed by atoms with Gasteiger partial charge in [-0.25, -0.2) is 17.8 Å². The minimum absolute atomic E-state index is 0.0807. The quantitative estimate of drug-likeness (QED) is 0.902. The summed E-state index contributed by atoms with van der Waals surface area (Å²) in [6.07, 6.45) is 0. The Morgan fingerprint density at radius 3 is 2.48 bits per heavy atom. The number of nitrogens with zero attached hydrogens (tertiary/aromatic N) is 2. The first-order valence-electron chi connectivity index (χ1n) is 6.74. The predicted octanol–water partition coefficient (Wildman–Crippen LogP) is 1.79. The van der Waals surface area contributed by atoms with Gasteiger partial charge in [0.2, 0.25) is 15.9 Å². The minimum atomic E-state index is -3.87. The fourth-order valence-electron chi connectivity index (χ4n) is 1.87. The average Bonchev–Trinajstić information content (AvgIpc) is 2.47. The van der Waals surface area contributed by atoms with Gasteiger partial charge in [-0.2, -0.15) is 4.31 Å². The van der Waals surface area contributed by atoms with E-state index in [9.17, 15) is 17.6 Å². The normalized spacial score (nSPS) is 11.5. The number of rotatable bonds is 5. The maximum Gasteiger partial charge on any atom is 0.243 e. The van der Waals surface area contributed by atoms with Gasteiger partial charge in [0.05, 0.1) is 11.4 Å². The largest absolute Gasteiger partial charge is 0.310 e. The Morgan fingerprint density at radius 2 is 1.87 bits per heavy atom. The Morgan fingerprint density at radius 1 is 1.22 bits per heavy atom. The molecule has 23 heavy (non-hydrogen) atoms. The molecule has 1 aromatic heterocycles. The molecule has 0 radical (unpaired) electrons. The Labute approximate surface area is 134 Å². The van der Waals surface area contributed by atoms with Crippen LogP contribution < -0.4 is 5.32 Å². The molecule has 2 rings (SSSR count).